The molecule has 98 valence electrons. The third-order valence-corrected chi connectivity index (χ3v) is 1.76. The van der Waals surface area contributed by atoms with Crippen molar-refractivity contribution in [2.45, 2.75) is 26.4 Å². The fourth-order valence-electron chi connectivity index (χ4n) is 1.05. The standard InChI is InChI=1S/C11H15N3O4/c1-11(2,3)18-13-10(15)12-8-5-4-6-9(7-8)14(16)17/h4-7H,1-3H3,(H2,12,13,15). The minimum Gasteiger partial charge on any atom is -0.306 e. The smallest absolute Gasteiger partial charge is 0.306 e. The first kappa shape index (κ1) is 13.9. The number of hydrogen-bond donors (Lipinski definition) is 2. The van der Waals surface area contributed by atoms with Crippen molar-refractivity contribution in [1.29, 1.82) is 0 Å². The van der Waals surface area contributed by atoms with Crippen molar-refractivity contribution in [3.8, 4) is 0 Å². The van der Waals surface area contributed by atoms with Crippen molar-refractivity contribution in [1.82, 2.24) is 5.48 Å². The van der Waals surface area contributed by atoms with Crippen LogP contribution in [0.4, 0.5) is 16.2 Å². The summed E-state index contributed by atoms with van der Waals surface area (Å²) >= 11 is 0. The molecule has 0 heterocycles. The van der Waals surface area contributed by atoms with Crippen LogP contribution in [0.1, 0.15) is 20.8 Å². The van der Waals surface area contributed by atoms with Gasteiger partial charge in [-0.05, 0) is 26.8 Å². The van der Waals surface area contributed by atoms with Gasteiger partial charge in [-0.2, -0.15) is 0 Å². The molecule has 0 unspecified atom stereocenters. The van der Waals surface area contributed by atoms with Crippen LogP contribution in [0.25, 0.3) is 0 Å². The van der Waals surface area contributed by atoms with Gasteiger partial charge in [0.05, 0.1) is 10.5 Å². The molecular weight excluding hydrogens is 238 g/mol. The van der Waals surface area contributed by atoms with E-state index in [1.807, 2.05) is 0 Å². The van der Waals surface area contributed by atoms with Gasteiger partial charge in [0, 0.05) is 17.8 Å². The first-order chi connectivity index (χ1) is 8.28. The number of carbonyl (C=O) groups is 1. The van der Waals surface area contributed by atoms with E-state index in [9.17, 15) is 14.9 Å². The van der Waals surface area contributed by atoms with E-state index in [2.05, 4.69) is 10.8 Å². The van der Waals surface area contributed by atoms with Crippen LogP contribution in [0.3, 0.4) is 0 Å². The van der Waals surface area contributed by atoms with E-state index in [0.717, 1.165) is 0 Å². The summed E-state index contributed by atoms with van der Waals surface area (Å²) in [5.41, 5.74) is 1.91. The molecule has 0 fully saturated rings. The number of urea groups is 1. The Balaban J connectivity index is 2.59. The summed E-state index contributed by atoms with van der Waals surface area (Å²) in [7, 11) is 0. The van der Waals surface area contributed by atoms with Crippen LogP contribution in [0.5, 0.6) is 0 Å². The van der Waals surface area contributed by atoms with Crippen molar-refractivity contribution < 1.29 is 14.6 Å². The van der Waals surface area contributed by atoms with Crippen LogP contribution < -0.4 is 10.8 Å². The van der Waals surface area contributed by atoms with Gasteiger partial charge in [0.2, 0.25) is 0 Å². The maximum Gasteiger partial charge on any atom is 0.343 e. The van der Waals surface area contributed by atoms with E-state index < -0.39 is 16.6 Å². The molecule has 0 radical (unpaired) electrons. The Labute approximate surface area is 104 Å². The van der Waals surface area contributed by atoms with Gasteiger partial charge in [0.1, 0.15) is 0 Å². The van der Waals surface area contributed by atoms with E-state index in [4.69, 9.17) is 4.84 Å². The number of hydroxylamine groups is 1. The van der Waals surface area contributed by atoms with Crippen molar-refractivity contribution in [3.63, 3.8) is 0 Å². The summed E-state index contributed by atoms with van der Waals surface area (Å²) in [6.45, 7) is 5.34. The lowest BCUT2D eigenvalue weighted by Gasteiger charge is -2.19. The number of non-ortho nitro benzene ring substituents is 1. The molecule has 18 heavy (non-hydrogen) atoms. The summed E-state index contributed by atoms with van der Waals surface area (Å²) in [6, 6.07) is 5.04. The number of hydrogen-bond acceptors (Lipinski definition) is 4. The normalized spacial score (nSPS) is 10.8. The Kier molecular flexibility index (Phi) is 4.22. The molecule has 0 saturated carbocycles. The summed E-state index contributed by atoms with van der Waals surface area (Å²) in [4.78, 5) is 26.5. The zero-order chi connectivity index (χ0) is 13.8. The van der Waals surface area contributed by atoms with Crippen molar-refractivity contribution in [2.75, 3.05) is 5.32 Å². The zero-order valence-corrected chi connectivity index (χ0v) is 10.4. The number of rotatable bonds is 3. The van der Waals surface area contributed by atoms with Crippen LogP contribution in [0.15, 0.2) is 24.3 Å². The molecule has 2 amide bonds. The number of nitro groups is 1. The van der Waals surface area contributed by atoms with E-state index in [0.29, 0.717) is 5.69 Å². The molecule has 1 aromatic rings. The number of amides is 2. The van der Waals surface area contributed by atoms with Crippen LogP contribution in [0, 0.1) is 10.1 Å². The van der Waals surface area contributed by atoms with E-state index in [-0.39, 0.29) is 5.69 Å². The number of nitro benzene ring substituents is 1. The van der Waals surface area contributed by atoms with E-state index >= 15 is 0 Å². The molecule has 7 nitrogen and oxygen atoms in total. The van der Waals surface area contributed by atoms with E-state index in [1.165, 1.54) is 18.2 Å². The highest BCUT2D eigenvalue weighted by molar-refractivity contribution is 5.88. The van der Waals surface area contributed by atoms with Gasteiger partial charge in [-0.15, -0.1) is 0 Å². The summed E-state index contributed by atoms with van der Waals surface area (Å²) in [6.07, 6.45) is 0. The van der Waals surface area contributed by atoms with Crippen LogP contribution in [0.2, 0.25) is 0 Å². The van der Waals surface area contributed by atoms with Crippen molar-refractivity contribution >= 4 is 17.4 Å². The fraction of sp³-hybridized carbons (Fsp3) is 0.364. The average Bonchev–Trinajstić information content (AvgIpc) is 2.26. The molecule has 0 aliphatic carbocycles. The lowest BCUT2D eigenvalue weighted by Crippen LogP contribution is -2.36. The SMILES string of the molecule is CC(C)(C)ONC(=O)Nc1cccc([N+](=O)[O-])c1. The number of carbonyl (C=O) groups excluding carboxylic acids is 1. The molecular formula is C11H15N3O4. The molecule has 0 saturated heterocycles. The highest BCUT2D eigenvalue weighted by Crippen LogP contribution is 2.16. The summed E-state index contributed by atoms with van der Waals surface area (Å²) in [5, 5.41) is 13.0. The lowest BCUT2D eigenvalue weighted by molar-refractivity contribution is -0.384. The Morgan fingerprint density at radius 3 is 2.61 bits per heavy atom. The Morgan fingerprint density at radius 2 is 2.06 bits per heavy atom. The van der Waals surface area contributed by atoms with Gasteiger partial charge in [-0.25, -0.2) is 10.3 Å². The fourth-order valence-corrected chi connectivity index (χ4v) is 1.05. The van der Waals surface area contributed by atoms with Gasteiger partial charge in [0.15, 0.2) is 0 Å². The third-order valence-electron chi connectivity index (χ3n) is 1.76. The molecule has 0 spiro atoms. The topological polar surface area (TPSA) is 93.5 Å². The molecule has 1 aromatic carbocycles. The highest BCUT2D eigenvalue weighted by Gasteiger charge is 2.13. The minimum atomic E-state index is -0.592. The number of nitrogens with one attached hydrogen (secondary N) is 2. The molecule has 1 rings (SSSR count). The Morgan fingerprint density at radius 1 is 1.39 bits per heavy atom. The number of nitrogens with zero attached hydrogens (tertiary/aromatic N) is 1. The first-order valence-electron chi connectivity index (χ1n) is 5.27. The molecule has 7 heteroatoms. The minimum absolute atomic E-state index is 0.0930. The van der Waals surface area contributed by atoms with Crippen molar-refractivity contribution in [3.05, 3.63) is 34.4 Å². The predicted molar refractivity (Wildman–Crippen MR) is 66.1 cm³/mol. The molecule has 0 atom stereocenters. The van der Waals surface area contributed by atoms with Crippen LogP contribution >= 0.6 is 0 Å². The molecule has 0 bridgehead atoms. The quantitative estimate of drug-likeness (QED) is 0.639. The monoisotopic (exact) mass is 253 g/mol. The van der Waals surface area contributed by atoms with Crippen LogP contribution in [-0.4, -0.2) is 16.6 Å². The second-order valence-electron chi connectivity index (χ2n) is 4.58. The maximum absolute atomic E-state index is 11.4. The molecule has 0 aromatic heterocycles. The zero-order valence-electron chi connectivity index (χ0n) is 10.4. The van der Waals surface area contributed by atoms with Gasteiger partial charge >= 0.3 is 6.03 Å². The highest BCUT2D eigenvalue weighted by atomic mass is 16.7. The van der Waals surface area contributed by atoms with Crippen molar-refractivity contribution in [2.24, 2.45) is 0 Å². The largest absolute Gasteiger partial charge is 0.343 e. The predicted octanol–water partition coefficient (Wildman–Crippen LogP) is 2.45. The first-order valence-corrected chi connectivity index (χ1v) is 5.27. The number of anilines is 1. The summed E-state index contributed by atoms with van der Waals surface area (Å²) < 4.78 is 0. The third kappa shape index (κ3) is 4.79. The van der Waals surface area contributed by atoms with E-state index in [1.54, 1.807) is 26.8 Å². The average molecular weight is 253 g/mol. The van der Waals surface area contributed by atoms with Crippen LogP contribution in [-0.2, 0) is 4.84 Å². The number of benzene rings is 1. The molecule has 0 aliphatic rings. The second-order valence-corrected chi connectivity index (χ2v) is 4.58. The Hall–Kier alpha value is -2.15. The molecule has 0 aliphatic heterocycles. The van der Waals surface area contributed by atoms with Gasteiger partial charge < -0.3 is 5.32 Å². The second kappa shape index (κ2) is 5.46. The summed E-state index contributed by atoms with van der Waals surface area (Å²) in [5.74, 6) is 0. The van der Waals surface area contributed by atoms with Gasteiger partial charge in [-0.1, -0.05) is 6.07 Å². The van der Waals surface area contributed by atoms with Gasteiger partial charge in [0.25, 0.3) is 5.69 Å². The Bertz CT molecular complexity index is 454. The molecule has 2 N–H and O–H groups in total. The lowest BCUT2D eigenvalue weighted by atomic mass is 10.2. The van der Waals surface area contributed by atoms with Gasteiger partial charge in [-0.3, -0.25) is 15.0 Å². The maximum atomic E-state index is 11.4.